The van der Waals surface area contributed by atoms with Gasteiger partial charge in [0.15, 0.2) is 0 Å². The lowest BCUT2D eigenvalue weighted by atomic mass is 10.1. The Labute approximate surface area is 185 Å². The molecule has 4 rings (SSSR count). The zero-order valence-electron chi connectivity index (χ0n) is 19.1. The molecule has 0 bridgehead atoms. The molecule has 2 heterocycles. The first-order valence-electron chi connectivity index (χ1n) is 11.3. The van der Waals surface area contributed by atoms with Gasteiger partial charge in [0.2, 0.25) is 5.91 Å². The van der Waals surface area contributed by atoms with E-state index in [0.717, 1.165) is 48.5 Å². The third-order valence-corrected chi connectivity index (χ3v) is 6.02. The minimum atomic E-state index is -0.157. The van der Waals surface area contributed by atoms with Crippen LogP contribution >= 0.6 is 0 Å². The summed E-state index contributed by atoms with van der Waals surface area (Å²) < 4.78 is 8.24. The molecular weight excluding hydrogens is 386 g/mol. The predicted molar refractivity (Wildman–Crippen MR) is 124 cm³/mol. The number of nitrogens with zero attached hydrogens (tertiary/aromatic N) is 3. The molecule has 1 aliphatic heterocycles. The normalized spacial score (nSPS) is 17.0. The highest BCUT2D eigenvalue weighted by molar-refractivity contribution is 5.81. The molecule has 2 aromatic carbocycles. The number of benzene rings is 2. The first-order chi connectivity index (χ1) is 14.8. The average Bonchev–Trinajstić information content (AvgIpc) is 3.28. The topological polar surface area (TPSA) is 47.4 Å². The standard InChI is InChI=1S/C26H33N3O2/c1-19-10-9-11-21(16-19)31-15-8-7-14-28-23-13-6-5-12-22(23)27-25(28)20-17-24(30)29(18-20)26(2,3)4/h5-6,9-13,16,20H,7-8,14-15,17-18H2,1-4H3. The number of hydrogen-bond acceptors (Lipinski definition) is 3. The number of amides is 1. The van der Waals surface area contributed by atoms with Crippen molar-refractivity contribution < 1.29 is 9.53 Å². The first-order valence-corrected chi connectivity index (χ1v) is 11.3. The van der Waals surface area contributed by atoms with Crippen LogP contribution in [0, 0.1) is 6.92 Å². The molecule has 1 amide bonds. The molecule has 164 valence electrons. The molecule has 0 N–H and O–H groups in total. The van der Waals surface area contributed by atoms with Crippen LogP contribution in [0.2, 0.25) is 0 Å². The molecule has 31 heavy (non-hydrogen) atoms. The van der Waals surface area contributed by atoms with Crippen LogP contribution in [0.25, 0.3) is 11.0 Å². The van der Waals surface area contributed by atoms with Crippen LogP contribution in [0.1, 0.15) is 57.3 Å². The molecule has 1 aromatic heterocycles. The van der Waals surface area contributed by atoms with E-state index in [4.69, 9.17) is 9.72 Å². The summed E-state index contributed by atoms with van der Waals surface area (Å²) in [6, 6.07) is 16.5. The Morgan fingerprint density at radius 1 is 1.10 bits per heavy atom. The van der Waals surface area contributed by atoms with Crippen LogP contribution in [0.4, 0.5) is 0 Å². The molecule has 1 fully saturated rings. The van der Waals surface area contributed by atoms with E-state index in [1.165, 1.54) is 5.56 Å². The number of aromatic nitrogens is 2. The van der Waals surface area contributed by atoms with Crippen LogP contribution < -0.4 is 4.74 Å². The number of hydrogen-bond donors (Lipinski definition) is 0. The van der Waals surface area contributed by atoms with E-state index >= 15 is 0 Å². The zero-order valence-corrected chi connectivity index (χ0v) is 19.1. The van der Waals surface area contributed by atoms with Crippen LogP contribution in [-0.2, 0) is 11.3 Å². The summed E-state index contributed by atoms with van der Waals surface area (Å²) in [5.41, 5.74) is 3.21. The summed E-state index contributed by atoms with van der Waals surface area (Å²) in [5, 5.41) is 0. The van der Waals surface area contributed by atoms with Gasteiger partial charge in [-0.3, -0.25) is 4.79 Å². The lowest BCUT2D eigenvalue weighted by Gasteiger charge is -2.32. The number of ether oxygens (including phenoxy) is 1. The van der Waals surface area contributed by atoms with Crippen LogP contribution in [0.15, 0.2) is 48.5 Å². The fraction of sp³-hybridized carbons (Fsp3) is 0.462. The number of likely N-dealkylation sites (tertiary alicyclic amines) is 1. The van der Waals surface area contributed by atoms with Crippen molar-refractivity contribution in [1.82, 2.24) is 14.5 Å². The predicted octanol–water partition coefficient (Wildman–Crippen LogP) is 5.32. The van der Waals surface area contributed by atoms with E-state index < -0.39 is 0 Å². The van der Waals surface area contributed by atoms with Crippen molar-refractivity contribution in [1.29, 1.82) is 0 Å². The van der Waals surface area contributed by atoms with Crippen molar-refractivity contribution in [3.63, 3.8) is 0 Å². The largest absolute Gasteiger partial charge is 0.494 e. The molecule has 1 aliphatic rings. The Hall–Kier alpha value is -2.82. The van der Waals surface area contributed by atoms with Gasteiger partial charge in [0.05, 0.1) is 17.6 Å². The molecular formula is C26H33N3O2. The van der Waals surface area contributed by atoms with Crippen molar-refractivity contribution >= 4 is 16.9 Å². The second-order valence-electron chi connectivity index (χ2n) is 9.56. The highest BCUT2D eigenvalue weighted by Crippen LogP contribution is 2.34. The van der Waals surface area contributed by atoms with E-state index in [-0.39, 0.29) is 17.4 Å². The van der Waals surface area contributed by atoms with E-state index in [2.05, 4.69) is 62.6 Å². The van der Waals surface area contributed by atoms with E-state index in [9.17, 15) is 4.79 Å². The van der Waals surface area contributed by atoms with Crippen molar-refractivity contribution in [3.05, 3.63) is 59.9 Å². The molecule has 5 nitrogen and oxygen atoms in total. The van der Waals surface area contributed by atoms with Gasteiger partial charge in [-0.1, -0.05) is 24.3 Å². The third-order valence-electron chi connectivity index (χ3n) is 6.02. The Morgan fingerprint density at radius 2 is 1.90 bits per heavy atom. The van der Waals surface area contributed by atoms with Crippen molar-refractivity contribution in [3.8, 4) is 5.75 Å². The maximum Gasteiger partial charge on any atom is 0.223 e. The van der Waals surface area contributed by atoms with E-state index in [1.54, 1.807) is 0 Å². The molecule has 1 saturated heterocycles. The smallest absolute Gasteiger partial charge is 0.223 e. The first kappa shape index (κ1) is 21.4. The average molecular weight is 420 g/mol. The summed E-state index contributed by atoms with van der Waals surface area (Å²) in [7, 11) is 0. The Morgan fingerprint density at radius 3 is 2.65 bits per heavy atom. The van der Waals surface area contributed by atoms with Gasteiger partial charge in [-0.15, -0.1) is 0 Å². The van der Waals surface area contributed by atoms with E-state index in [1.807, 2.05) is 23.1 Å². The van der Waals surface area contributed by atoms with Gasteiger partial charge in [0.25, 0.3) is 0 Å². The summed E-state index contributed by atoms with van der Waals surface area (Å²) in [6.45, 7) is 10.7. The maximum absolute atomic E-state index is 12.7. The van der Waals surface area contributed by atoms with Crippen LogP contribution in [0.5, 0.6) is 5.75 Å². The summed E-state index contributed by atoms with van der Waals surface area (Å²) in [4.78, 5) is 19.6. The summed E-state index contributed by atoms with van der Waals surface area (Å²) >= 11 is 0. The number of aryl methyl sites for hydroxylation is 2. The Kier molecular flexibility index (Phi) is 6.03. The zero-order chi connectivity index (χ0) is 22.0. The minimum absolute atomic E-state index is 0.141. The van der Waals surface area contributed by atoms with E-state index in [0.29, 0.717) is 13.0 Å². The SMILES string of the molecule is Cc1cccc(OCCCCn2c(C3CC(=O)N(C(C)(C)C)C3)nc3ccccc32)c1. The van der Waals surface area contributed by atoms with Gasteiger partial charge in [-0.2, -0.15) is 0 Å². The number of fused-ring (bicyclic) bond motifs is 1. The highest BCUT2D eigenvalue weighted by Gasteiger charge is 2.38. The van der Waals surface area contributed by atoms with Gasteiger partial charge in [0, 0.05) is 31.0 Å². The molecule has 0 radical (unpaired) electrons. The number of unbranched alkanes of at least 4 members (excludes halogenated alkanes) is 1. The second kappa shape index (κ2) is 8.74. The minimum Gasteiger partial charge on any atom is -0.494 e. The monoisotopic (exact) mass is 419 g/mol. The van der Waals surface area contributed by atoms with Gasteiger partial charge in [-0.05, 0) is 70.4 Å². The quantitative estimate of drug-likeness (QED) is 0.487. The molecule has 5 heteroatoms. The van der Waals surface area contributed by atoms with Crippen molar-refractivity contribution in [2.24, 2.45) is 0 Å². The second-order valence-corrected chi connectivity index (χ2v) is 9.56. The molecule has 0 aliphatic carbocycles. The number of imidazole rings is 1. The van der Waals surface area contributed by atoms with Gasteiger partial charge < -0.3 is 14.2 Å². The molecule has 0 spiro atoms. The number of rotatable bonds is 7. The van der Waals surface area contributed by atoms with Crippen molar-refractivity contribution in [2.75, 3.05) is 13.2 Å². The lowest BCUT2D eigenvalue weighted by Crippen LogP contribution is -2.42. The molecule has 3 aromatic rings. The molecule has 1 unspecified atom stereocenters. The fourth-order valence-electron chi connectivity index (χ4n) is 4.44. The third kappa shape index (κ3) is 4.76. The lowest BCUT2D eigenvalue weighted by molar-refractivity contribution is -0.131. The highest BCUT2D eigenvalue weighted by atomic mass is 16.5. The van der Waals surface area contributed by atoms with Gasteiger partial charge >= 0.3 is 0 Å². The maximum atomic E-state index is 12.7. The van der Waals surface area contributed by atoms with Crippen LogP contribution in [-0.4, -0.2) is 39.0 Å². The summed E-state index contributed by atoms with van der Waals surface area (Å²) in [5.74, 6) is 2.34. The van der Waals surface area contributed by atoms with Gasteiger partial charge in [0.1, 0.15) is 11.6 Å². The Bertz CT molecular complexity index is 1060. The van der Waals surface area contributed by atoms with Crippen LogP contribution in [0.3, 0.4) is 0 Å². The molecule has 1 atom stereocenters. The van der Waals surface area contributed by atoms with Gasteiger partial charge in [-0.25, -0.2) is 4.98 Å². The molecule has 0 saturated carbocycles. The number of para-hydroxylation sites is 2. The van der Waals surface area contributed by atoms with Crippen molar-refractivity contribution in [2.45, 2.75) is 65.0 Å². The Balaban J connectivity index is 1.45. The summed E-state index contributed by atoms with van der Waals surface area (Å²) in [6.07, 6.45) is 2.51. The number of carbonyl (C=O) groups is 1. The fourth-order valence-corrected chi connectivity index (χ4v) is 4.44. The number of carbonyl (C=O) groups excluding carboxylic acids is 1.